The maximum absolute atomic E-state index is 5.87. The van der Waals surface area contributed by atoms with Gasteiger partial charge >= 0.3 is 0 Å². The van der Waals surface area contributed by atoms with Gasteiger partial charge in [-0.3, -0.25) is 0 Å². The Morgan fingerprint density at radius 1 is 1.35 bits per heavy atom. The first-order chi connectivity index (χ1) is 8.18. The van der Waals surface area contributed by atoms with Crippen molar-refractivity contribution >= 4 is 17.0 Å². The zero-order chi connectivity index (χ0) is 12.3. The van der Waals surface area contributed by atoms with E-state index >= 15 is 0 Å². The van der Waals surface area contributed by atoms with E-state index in [2.05, 4.69) is 9.97 Å². The maximum Gasteiger partial charge on any atom is 0.237 e. The maximum atomic E-state index is 5.87. The van der Waals surface area contributed by atoms with Gasteiger partial charge in [-0.15, -0.1) is 11.3 Å². The van der Waals surface area contributed by atoms with Gasteiger partial charge in [-0.05, 0) is 25.5 Å². The highest BCUT2D eigenvalue weighted by Gasteiger charge is 2.06. The Kier molecular flexibility index (Phi) is 3.58. The molecule has 2 rings (SSSR count). The largest absolute Gasteiger partial charge is 0.476 e. The highest BCUT2D eigenvalue weighted by Crippen LogP contribution is 2.21. The molecule has 0 aromatic carbocycles. The molecule has 0 aliphatic heterocycles. The van der Waals surface area contributed by atoms with Crippen molar-refractivity contribution in [2.24, 2.45) is 0 Å². The molecule has 5 heteroatoms. The molecular formula is C12H15N3OS. The number of aryl methyl sites for hydroxylation is 2. The summed E-state index contributed by atoms with van der Waals surface area (Å²) >= 11 is 1.65. The van der Waals surface area contributed by atoms with Gasteiger partial charge < -0.3 is 10.5 Å². The predicted molar refractivity (Wildman–Crippen MR) is 69.4 cm³/mol. The second-order valence-corrected chi connectivity index (χ2v) is 4.75. The average molecular weight is 249 g/mol. The van der Waals surface area contributed by atoms with Gasteiger partial charge in [0.25, 0.3) is 0 Å². The third kappa shape index (κ3) is 2.74. The first-order valence-electron chi connectivity index (χ1n) is 5.41. The fourth-order valence-electron chi connectivity index (χ4n) is 1.47. The molecule has 0 amide bonds. The zero-order valence-electron chi connectivity index (χ0n) is 9.93. The third-order valence-corrected chi connectivity index (χ3v) is 3.58. The molecule has 0 aliphatic rings. The van der Waals surface area contributed by atoms with Crippen molar-refractivity contribution in [3.05, 3.63) is 33.9 Å². The minimum absolute atomic E-state index is 0.521. The Bertz CT molecular complexity index is 510. The zero-order valence-corrected chi connectivity index (χ0v) is 10.8. The van der Waals surface area contributed by atoms with Gasteiger partial charge in [0.15, 0.2) is 0 Å². The lowest BCUT2D eigenvalue weighted by molar-refractivity contribution is 0.312. The normalized spacial score (nSPS) is 10.5. The van der Waals surface area contributed by atoms with Crippen LogP contribution in [0.2, 0.25) is 0 Å². The summed E-state index contributed by atoms with van der Waals surface area (Å²) in [6, 6.07) is 1.87. The Labute approximate surface area is 104 Å². The molecule has 0 radical (unpaired) electrons. The molecule has 2 aromatic rings. The molecule has 0 bridgehead atoms. The number of ether oxygens (including phenoxy) is 1. The summed E-state index contributed by atoms with van der Waals surface area (Å²) in [6.45, 7) is 4.52. The number of aromatic nitrogens is 2. The molecule has 0 saturated carbocycles. The molecule has 0 saturated heterocycles. The SMILES string of the molecule is Cc1ccnc(OCCc2scnc2C)c1N. The topological polar surface area (TPSA) is 61.0 Å². The van der Waals surface area contributed by atoms with Crippen molar-refractivity contribution in [3.8, 4) is 5.88 Å². The number of hydrogen-bond acceptors (Lipinski definition) is 5. The van der Waals surface area contributed by atoms with Crippen LogP contribution in [0.4, 0.5) is 5.69 Å². The van der Waals surface area contributed by atoms with Crippen molar-refractivity contribution in [3.63, 3.8) is 0 Å². The Balaban J connectivity index is 1.95. The van der Waals surface area contributed by atoms with Gasteiger partial charge in [-0.25, -0.2) is 9.97 Å². The molecule has 17 heavy (non-hydrogen) atoms. The quantitative estimate of drug-likeness (QED) is 0.903. The highest BCUT2D eigenvalue weighted by molar-refractivity contribution is 7.09. The van der Waals surface area contributed by atoms with E-state index in [9.17, 15) is 0 Å². The van der Waals surface area contributed by atoms with Gasteiger partial charge in [0, 0.05) is 17.5 Å². The third-order valence-electron chi connectivity index (χ3n) is 2.58. The summed E-state index contributed by atoms with van der Waals surface area (Å²) in [6.07, 6.45) is 2.55. The average Bonchev–Trinajstić information content (AvgIpc) is 2.71. The summed E-state index contributed by atoms with van der Waals surface area (Å²) in [5, 5.41) is 0. The molecule has 0 fully saturated rings. The molecule has 0 aliphatic carbocycles. The number of pyridine rings is 1. The van der Waals surface area contributed by atoms with Crippen LogP contribution in [-0.4, -0.2) is 16.6 Å². The predicted octanol–water partition coefficient (Wildman–Crippen LogP) is 2.36. The molecule has 2 aromatic heterocycles. The minimum atomic E-state index is 0.521. The van der Waals surface area contributed by atoms with Crippen LogP contribution in [-0.2, 0) is 6.42 Å². The second-order valence-electron chi connectivity index (χ2n) is 3.81. The van der Waals surface area contributed by atoms with Gasteiger partial charge in [0.05, 0.1) is 23.5 Å². The van der Waals surface area contributed by atoms with E-state index in [0.717, 1.165) is 17.7 Å². The Morgan fingerprint density at radius 2 is 2.18 bits per heavy atom. The van der Waals surface area contributed by atoms with E-state index in [-0.39, 0.29) is 0 Å². The second kappa shape index (κ2) is 5.14. The lowest BCUT2D eigenvalue weighted by Crippen LogP contribution is -2.05. The van der Waals surface area contributed by atoms with Crippen LogP contribution in [0.15, 0.2) is 17.8 Å². The van der Waals surface area contributed by atoms with Crippen LogP contribution in [0.3, 0.4) is 0 Å². The van der Waals surface area contributed by atoms with Crippen LogP contribution in [0.5, 0.6) is 5.88 Å². The van der Waals surface area contributed by atoms with E-state index in [1.807, 2.05) is 25.4 Å². The fraction of sp³-hybridized carbons (Fsp3) is 0.333. The summed E-state index contributed by atoms with van der Waals surface area (Å²) in [5.41, 5.74) is 10.4. The number of nitrogens with two attached hydrogens (primary N) is 1. The van der Waals surface area contributed by atoms with Gasteiger partial charge in [0.1, 0.15) is 0 Å². The van der Waals surface area contributed by atoms with E-state index < -0.39 is 0 Å². The molecule has 90 valence electrons. The van der Waals surface area contributed by atoms with E-state index in [0.29, 0.717) is 18.2 Å². The number of nitrogen functional groups attached to an aromatic ring is 1. The smallest absolute Gasteiger partial charge is 0.237 e. The molecule has 0 spiro atoms. The van der Waals surface area contributed by atoms with Gasteiger partial charge in [0.2, 0.25) is 5.88 Å². The van der Waals surface area contributed by atoms with Crippen molar-refractivity contribution < 1.29 is 4.74 Å². The Hall–Kier alpha value is -1.62. The van der Waals surface area contributed by atoms with Crippen molar-refractivity contribution in [1.29, 1.82) is 0 Å². The minimum Gasteiger partial charge on any atom is -0.476 e. The van der Waals surface area contributed by atoms with Crippen LogP contribution < -0.4 is 10.5 Å². The van der Waals surface area contributed by atoms with E-state index in [1.54, 1.807) is 17.5 Å². The molecule has 0 unspecified atom stereocenters. The summed E-state index contributed by atoms with van der Waals surface area (Å²) in [7, 11) is 0. The molecule has 2 N–H and O–H groups in total. The number of anilines is 1. The number of thiazole rings is 1. The van der Waals surface area contributed by atoms with Crippen molar-refractivity contribution in [1.82, 2.24) is 9.97 Å². The summed E-state index contributed by atoms with van der Waals surface area (Å²) in [5.74, 6) is 0.521. The standard InChI is InChI=1S/C12H15N3OS/c1-8-3-5-14-12(11(8)13)16-6-4-10-9(2)15-7-17-10/h3,5,7H,4,6,13H2,1-2H3. The first-order valence-corrected chi connectivity index (χ1v) is 6.29. The van der Waals surface area contributed by atoms with E-state index in [1.165, 1.54) is 4.88 Å². The van der Waals surface area contributed by atoms with Crippen molar-refractivity contribution in [2.45, 2.75) is 20.3 Å². The van der Waals surface area contributed by atoms with Gasteiger partial charge in [-0.2, -0.15) is 0 Å². The van der Waals surface area contributed by atoms with Gasteiger partial charge in [-0.1, -0.05) is 0 Å². The number of hydrogen-bond donors (Lipinski definition) is 1. The fourth-order valence-corrected chi connectivity index (χ4v) is 2.23. The van der Waals surface area contributed by atoms with Crippen LogP contribution in [0, 0.1) is 13.8 Å². The molecular weight excluding hydrogens is 234 g/mol. The number of rotatable bonds is 4. The van der Waals surface area contributed by atoms with Crippen LogP contribution in [0.25, 0.3) is 0 Å². The number of nitrogens with zero attached hydrogens (tertiary/aromatic N) is 2. The van der Waals surface area contributed by atoms with Crippen LogP contribution in [0.1, 0.15) is 16.1 Å². The van der Waals surface area contributed by atoms with E-state index in [4.69, 9.17) is 10.5 Å². The highest BCUT2D eigenvalue weighted by atomic mass is 32.1. The molecule has 2 heterocycles. The monoisotopic (exact) mass is 249 g/mol. The summed E-state index contributed by atoms with van der Waals surface area (Å²) in [4.78, 5) is 9.56. The summed E-state index contributed by atoms with van der Waals surface area (Å²) < 4.78 is 5.59. The van der Waals surface area contributed by atoms with Crippen molar-refractivity contribution in [2.75, 3.05) is 12.3 Å². The Morgan fingerprint density at radius 3 is 2.88 bits per heavy atom. The molecule has 0 atom stereocenters. The first kappa shape index (κ1) is 11.9. The lowest BCUT2D eigenvalue weighted by atomic mass is 10.2. The van der Waals surface area contributed by atoms with Crippen LogP contribution >= 0.6 is 11.3 Å². The lowest BCUT2D eigenvalue weighted by Gasteiger charge is -2.08. The molecule has 4 nitrogen and oxygen atoms in total.